The van der Waals surface area contributed by atoms with Gasteiger partial charge in [0.25, 0.3) is 5.91 Å². The van der Waals surface area contributed by atoms with Gasteiger partial charge in [0.05, 0.1) is 0 Å². The van der Waals surface area contributed by atoms with Crippen LogP contribution in [0.4, 0.5) is 11.5 Å². The van der Waals surface area contributed by atoms with E-state index in [1.807, 2.05) is 42.5 Å². The van der Waals surface area contributed by atoms with E-state index < -0.39 is 0 Å². The highest BCUT2D eigenvalue weighted by Gasteiger charge is 2.28. The Morgan fingerprint density at radius 3 is 2.92 bits per heavy atom. The van der Waals surface area contributed by atoms with Crippen molar-refractivity contribution >= 4 is 29.2 Å². The molecule has 0 aliphatic carbocycles. The zero-order chi connectivity index (χ0) is 17.1. The number of carbonyl (C=O) groups excluding carboxylic acids is 1. The normalized spacial score (nSPS) is 14.5. The number of anilines is 2. The monoisotopic (exact) mass is 344 g/mol. The number of fused-ring (bicyclic) bond motifs is 1. The fourth-order valence-corrected chi connectivity index (χ4v) is 3.09. The van der Waals surface area contributed by atoms with Crippen molar-refractivity contribution < 1.29 is 9.90 Å². The summed E-state index contributed by atoms with van der Waals surface area (Å²) in [5.74, 6) is 0.580. The van der Waals surface area contributed by atoms with Crippen molar-refractivity contribution in [3.05, 3.63) is 41.6 Å². The Labute approximate surface area is 145 Å². The minimum atomic E-state index is -0.0943. The van der Waals surface area contributed by atoms with Gasteiger partial charge in [0, 0.05) is 38.6 Å². The highest BCUT2D eigenvalue weighted by Crippen LogP contribution is 2.27. The molecule has 126 valence electrons. The summed E-state index contributed by atoms with van der Waals surface area (Å²) in [5, 5.41) is 9.79. The van der Waals surface area contributed by atoms with Crippen molar-refractivity contribution in [2.45, 2.75) is 11.6 Å². The van der Waals surface area contributed by atoms with Crippen LogP contribution in [0.15, 0.2) is 35.6 Å². The summed E-state index contributed by atoms with van der Waals surface area (Å²) >= 11 is 1.46. The summed E-state index contributed by atoms with van der Waals surface area (Å²) in [7, 11) is 1.94. The van der Waals surface area contributed by atoms with Crippen molar-refractivity contribution in [2.75, 3.05) is 42.8 Å². The highest BCUT2D eigenvalue weighted by molar-refractivity contribution is 7.98. The summed E-state index contributed by atoms with van der Waals surface area (Å²) in [6.45, 7) is 1.35. The number of aromatic nitrogens is 2. The zero-order valence-electron chi connectivity index (χ0n) is 13.8. The second-order valence-corrected chi connectivity index (χ2v) is 6.39. The third-order valence-electron chi connectivity index (χ3n) is 4.05. The van der Waals surface area contributed by atoms with Crippen molar-refractivity contribution in [1.82, 2.24) is 9.97 Å². The minimum Gasteiger partial charge on any atom is -0.396 e. The molecule has 0 radical (unpaired) electrons. The van der Waals surface area contributed by atoms with Crippen molar-refractivity contribution in [1.29, 1.82) is 0 Å². The summed E-state index contributed by atoms with van der Waals surface area (Å²) in [6, 6.07) is 7.74. The number of hydrogen-bond acceptors (Lipinski definition) is 6. The molecule has 0 saturated heterocycles. The molecule has 7 heteroatoms. The maximum absolute atomic E-state index is 13.0. The second kappa shape index (κ2) is 7.19. The van der Waals surface area contributed by atoms with Gasteiger partial charge < -0.3 is 14.9 Å². The topological polar surface area (TPSA) is 69.6 Å². The lowest BCUT2D eigenvalue weighted by Crippen LogP contribution is -2.33. The maximum atomic E-state index is 13.0. The van der Waals surface area contributed by atoms with Gasteiger partial charge in [0.2, 0.25) is 0 Å². The standard InChI is InChI=1S/C17H20N4O2S/c1-20-7-8-21(13-5-3-4-12(10-13)6-9-22)16(23)14-11-18-17(24-2)19-15(14)20/h3-5,10-11,22H,6-9H2,1-2H3. The number of aliphatic hydroxyl groups is 1. The number of nitrogens with zero attached hydrogens (tertiary/aromatic N) is 4. The molecule has 1 amide bonds. The first kappa shape index (κ1) is 16.7. The average Bonchev–Trinajstić information content (AvgIpc) is 2.73. The first-order chi connectivity index (χ1) is 11.6. The molecule has 2 heterocycles. The molecule has 1 aromatic heterocycles. The molecule has 0 spiro atoms. The molecule has 6 nitrogen and oxygen atoms in total. The zero-order valence-corrected chi connectivity index (χ0v) is 14.6. The number of benzene rings is 1. The number of amides is 1. The number of aliphatic hydroxyl groups excluding tert-OH is 1. The van der Waals surface area contributed by atoms with Crippen LogP contribution in [0.2, 0.25) is 0 Å². The van der Waals surface area contributed by atoms with Gasteiger partial charge in [-0.2, -0.15) is 0 Å². The highest BCUT2D eigenvalue weighted by atomic mass is 32.2. The third kappa shape index (κ3) is 3.22. The Morgan fingerprint density at radius 2 is 2.17 bits per heavy atom. The molecule has 1 aliphatic heterocycles. The summed E-state index contributed by atoms with van der Waals surface area (Å²) in [5.41, 5.74) is 2.36. The minimum absolute atomic E-state index is 0.0915. The lowest BCUT2D eigenvalue weighted by atomic mass is 10.1. The number of thioether (sulfide) groups is 1. The average molecular weight is 344 g/mol. The molecule has 24 heavy (non-hydrogen) atoms. The Bertz CT molecular complexity index is 753. The summed E-state index contributed by atoms with van der Waals surface area (Å²) in [6.07, 6.45) is 4.11. The smallest absolute Gasteiger partial charge is 0.263 e. The molecule has 0 unspecified atom stereocenters. The van der Waals surface area contributed by atoms with E-state index >= 15 is 0 Å². The number of carbonyl (C=O) groups is 1. The third-order valence-corrected chi connectivity index (χ3v) is 4.61. The predicted molar refractivity (Wildman–Crippen MR) is 96.0 cm³/mol. The van der Waals surface area contributed by atoms with Gasteiger partial charge in [0.1, 0.15) is 11.4 Å². The first-order valence-electron chi connectivity index (χ1n) is 7.78. The molecule has 1 N–H and O–H groups in total. The van der Waals surface area contributed by atoms with E-state index in [4.69, 9.17) is 5.11 Å². The molecule has 1 aromatic carbocycles. The van der Waals surface area contributed by atoms with Crippen LogP contribution in [0.25, 0.3) is 0 Å². The van der Waals surface area contributed by atoms with Gasteiger partial charge in [-0.05, 0) is 30.4 Å². The van der Waals surface area contributed by atoms with Crippen LogP contribution in [0.3, 0.4) is 0 Å². The van der Waals surface area contributed by atoms with Crippen LogP contribution in [-0.2, 0) is 6.42 Å². The lowest BCUT2D eigenvalue weighted by Gasteiger charge is -2.21. The Morgan fingerprint density at radius 1 is 1.33 bits per heavy atom. The van der Waals surface area contributed by atoms with Gasteiger partial charge >= 0.3 is 0 Å². The Balaban J connectivity index is 1.99. The summed E-state index contributed by atoms with van der Waals surface area (Å²) < 4.78 is 0. The van der Waals surface area contributed by atoms with Crippen LogP contribution in [0, 0.1) is 0 Å². The van der Waals surface area contributed by atoms with E-state index in [1.54, 1.807) is 11.1 Å². The fourth-order valence-electron chi connectivity index (χ4n) is 2.76. The predicted octanol–water partition coefficient (Wildman–Crippen LogP) is 1.83. The molecule has 3 rings (SSSR count). The second-order valence-electron chi connectivity index (χ2n) is 5.62. The van der Waals surface area contributed by atoms with Crippen LogP contribution in [-0.4, -0.2) is 54.0 Å². The number of rotatable bonds is 4. The molecule has 0 atom stereocenters. The van der Waals surface area contributed by atoms with Gasteiger partial charge in [-0.3, -0.25) is 4.79 Å². The van der Waals surface area contributed by atoms with Gasteiger partial charge in [0.15, 0.2) is 5.16 Å². The van der Waals surface area contributed by atoms with Gasteiger partial charge in [-0.1, -0.05) is 23.9 Å². The van der Waals surface area contributed by atoms with Crippen molar-refractivity contribution in [3.63, 3.8) is 0 Å². The number of likely N-dealkylation sites (N-methyl/N-ethyl adjacent to an activating group) is 1. The van der Waals surface area contributed by atoms with Crippen LogP contribution in [0.1, 0.15) is 15.9 Å². The first-order valence-corrected chi connectivity index (χ1v) is 9.00. The molecule has 0 bridgehead atoms. The van der Waals surface area contributed by atoms with Crippen molar-refractivity contribution in [3.8, 4) is 0 Å². The van der Waals surface area contributed by atoms with Crippen LogP contribution in [0.5, 0.6) is 0 Å². The van der Waals surface area contributed by atoms with E-state index in [9.17, 15) is 4.79 Å². The van der Waals surface area contributed by atoms with E-state index in [0.717, 1.165) is 11.3 Å². The molecular weight excluding hydrogens is 324 g/mol. The van der Waals surface area contributed by atoms with E-state index in [0.29, 0.717) is 36.0 Å². The molecule has 2 aromatic rings. The van der Waals surface area contributed by atoms with Crippen LogP contribution >= 0.6 is 11.8 Å². The van der Waals surface area contributed by atoms with Crippen molar-refractivity contribution in [2.24, 2.45) is 0 Å². The maximum Gasteiger partial charge on any atom is 0.263 e. The fraction of sp³-hybridized carbons (Fsp3) is 0.353. The molecule has 0 saturated carbocycles. The quantitative estimate of drug-likeness (QED) is 0.674. The van der Waals surface area contributed by atoms with E-state index in [1.165, 1.54) is 11.8 Å². The van der Waals surface area contributed by atoms with E-state index in [-0.39, 0.29) is 12.5 Å². The largest absolute Gasteiger partial charge is 0.396 e. The molecule has 1 aliphatic rings. The van der Waals surface area contributed by atoms with Gasteiger partial charge in [-0.25, -0.2) is 9.97 Å². The van der Waals surface area contributed by atoms with Gasteiger partial charge in [-0.15, -0.1) is 0 Å². The Hall–Kier alpha value is -2.12. The SMILES string of the molecule is CSc1ncc2c(n1)N(C)CCN(c1cccc(CCO)c1)C2=O. The van der Waals surface area contributed by atoms with Crippen LogP contribution < -0.4 is 9.80 Å². The molecule has 0 fully saturated rings. The number of hydrogen-bond donors (Lipinski definition) is 1. The summed E-state index contributed by atoms with van der Waals surface area (Å²) in [4.78, 5) is 25.5. The van der Waals surface area contributed by atoms with E-state index in [2.05, 4.69) is 9.97 Å². The molecular formula is C17H20N4O2S. The Kier molecular flexibility index (Phi) is 5.01. The lowest BCUT2D eigenvalue weighted by molar-refractivity contribution is 0.0989.